The molecule has 14 nitrogen and oxygen atoms in total. The number of ether oxygens (including phenoxy) is 2. The van der Waals surface area contributed by atoms with E-state index in [4.69, 9.17) is 20.8 Å². The van der Waals surface area contributed by atoms with E-state index in [9.17, 15) is 35.9 Å². The summed E-state index contributed by atoms with van der Waals surface area (Å²) in [5.74, 6) is -1.77. The molecule has 0 bridgehead atoms. The van der Waals surface area contributed by atoms with Crippen LogP contribution >= 0.6 is 15.9 Å². The Balaban J connectivity index is 0.000000221. The molecule has 4 aromatic heterocycles. The molecule has 0 radical (unpaired) electrons. The van der Waals surface area contributed by atoms with Gasteiger partial charge in [0.2, 0.25) is 0 Å². The van der Waals surface area contributed by atoms with Crippen LogP contribution in [0.4, 0.5) is 38.0 Å². The minimum absolute atomic E-state index is 0.0112. The van der Waals surface area contributed by atoms with E-state index < -0.39 is 59.4 Å². The number of hydrogen-bond acceptors (Lipinski definition) is 14. The number of halogens is 7. The van der Waals surface area contributed by atoms with Crippen LogP contribution in [0, 0.1) is 0 Å². The van der Waals surface area contributed by atoms with E-state index in [1.54, 1.807) is 0 Å². The Labute approximate surface area is 301 Å². The summed E-state index contributed by atoms with van der Waals surface area (Å²) < 4.78 is 95.3. The molecule has 0 aromatic carbocycles. The lowest BCUT2D eigenvalue weighted by molar-refractivity contribution is -0.138. The van der Waals surface area contributed by atoms with E-state index >= 15 is 0 Å². The normalized spacial score (nSPS) is 14.7. The van der Waals surface area contributed by atoms with Gasteiger partial charge in [0.05, 0.1) is 48.3 Å². The maximum absolute atomic E-state index is 12.9. The lowest BCUT2D eigenvalue weighted by Crippen LogP contribution is -2.41. The predicted molar refractivity (Wildman–Crippen MR) is 176 cm³/mol. The summed E-state index contributed by atoms with van der Waals surface area (Å²) in [5, 5.41) is 0. The summed E-state index contributed by atoms with van der Waals surface area (Å²) >= 11 is 2.70. The fourth-order valence-electron chi connectivity index (χ4n) is 3.93. The predicted octanol–water partition coefficient (Wildman–Crippen LogP) is 4.93. The molecule has 0 atom stereocenters. The van der Waals surface area contributed by atoms with Gasteiger partial charge in [-0.25, -0.2) is 34.5 Å². The zero-order valence-electron chi connectivity index (χ0n) is 28.1. The van der Waals surface area contributed by atoms with Gasteiger partial charge in [0, 0.05) is 18.6 Å². The third-order valence-electron chi connectivity index (χ3n) is 7.29. The van der Waals surface area contributed by atoms with Crippen molar-refractivity contribution in [3.05, 3.63) is 76.2 Å². The molecule has 4 aromatic rings. The Morgan fingerprint density at radius 3 is 1.67 bits per heavy atom. The van der Waals surface area contributed by atoms with Gasteiger partial charge in [0.15, 0.2) is 23.0 Å². The van der Waals surface area contributed by atoms with Crippen molar-refractivity contribution in [3.8, 4) is 11.4 Å². The number of nitrogens with two attached hydrogens (primary N) is 2. The second-order valence-corrected chi connectivity index (χ2v) is 12.1. The Morgan fingerprint density at radius 1 is 0.750 bits per heavy atom. The Bertz CT molecular complexity index is 1900. The number of alkyl halides is 6. The number of aromatic nitrogens is 6. The topological polar surface area (TPSA) is 200 Å². The van der Waals surface area contributed by atoms with Gasteiger partial charge in [0.25, 0.3) is 0 Å². The molecule has 22 heteroatoms. The fourth-order valence-corrected chi connectivity index (χ4v) is 4.41. The van der Waals surface area contributed by atoms with Crippen molar-refractivity contribution in [3.63, 3.8) is 0 Å². The first-order chi connectivity index (χ1) is 24.0. The molecule has 52 heavy (non-hydrogen) atoms. The zero-order chi connectivity index (χ0) is 39.2. The number of methoxy groups -OCH3 is 2. The van der Waals surface area contributed by atoms with Crippen LogP contribution in [-0.4, -0.2) is 74.4 Å². The summed E-state index contributed by atoms with van der Waals surface area (Å²) in [5.41, 5.74) is 7.65. The van der Waals surface area contributed by atoms with Crippen LogP contribution in [0.1, 0.15) is 59.8 Å². The largest absolute Gasteiger partial charge is 0.516 e. The van der Waals surface area contributed by atoms with Crippen molar-refractivity contribution in [1.82, 2.24) is 29.9 Å². The highest BCUT2D eigenvalue weighted by Crippen LogP contribution is 2.37. The standard InChI is InChI=1S/C12H18BN3O4.C12H9F3N4O2.C6H3BrF3N/c1-11(2)12(3,4)20-13(19-11)7-6-15-9(14)8(16-7)10(17)18-5;1-21-11(20)9-10(16)18-5-7(19-9)8-6(12(13,14)15)3-2-4-17-8;7-5-4(6(8,9)10)2-1-3-11-5/h6H,1-5H3,(H2,14,15);2-5H,1H3,(H2,16,18);1-3H. The molecule has 5 rings (SSSR count). The summed E-state index contributed by atoms with van der Waals surface area (Å²) in [7, 11) is 1.65. The highest BCUT2D eigenvalue weighted by atomic mass is 79.9. The van der Waals surface area contributed by atoms with Crippen LogP contribution in [0.2, 0.25) is 0 Å². The molecular weight excluding hydrogens is 773 g/mol. The molecule has 0 saturated carbocycles. The SMILES string of the molecule is COC(=O)c1nc(-c2ncccc2C(F)(F)F)cnc1N.COC(=O)c1nc(B2OC(C)(C)C(C)(C)O2)cnc1N.FC(F)(F)c1cccnc1Br. The minimum atomic E-state index is -4.61. The van der Waals surface area contributed by atoms with Crippen molar-refractivity contribution in [2.24, 2.45) is 0 Å². The maximum atomic E-state index is 12.9. The lowest BCUT2D eigenvalue weighted by atomic mass is 9.85. The van der Waals surface area contributed by atoms with Crippen molar-refractivity contribution in [1.29, 1.82) is 0 Å². The van der Waals surface area contributed by atoms with Gasteiger partial charge < -0.3 is 30.2 Å². The second-order valence-electron chi connectivity index (χ2n) is 11.3. The summed E-state index contributed by atoms with van der Waals surface area (Å²) in [6.07, 6.45) is -4.02. The first-order valence-corrected chi connectivity index (χ1v) is 15.3. The Morgan fingerprint density at radius 2 is 1.21 bits per heavy atom. The van der Waals surface area contributed by atoms with E-state index in [0.717, 1.165) is 31.5 Å². The number of nitrogen functional groups attached to an aromatic ring is 2. The molecule has 4 N–H and O–H groups in total. The summed E-state index contributed by atoms with van der Waals surface area (Å²) in [6.45, 7) is 7.72. The number of hydrogen-bond donors (Lipinski definition) is 2. The third kappa shape index (κ3) is 9.88. The minimum Gasteiger partial charge on any atom is -0.464 e. The van der Waals surface area contributed by atoms with Crippen molar-refractivity contribution >= 4 is 52.2 Å². The first-order valence-electron chi connectivity index (χ1n) is 14.5. The van der Waals surface area contributed by atoms with E-state index in [-0.39, 0.29) is 33.3 Å². The smallest absolute Gasteiger partial charge is 0.464 e. The van der Waals surface area contributed by atoms with E-state index in [1.807, 2.05) is 27.7 Å². The molecule has 1 aliphatic rings. The number of carbonyl (C=O) groups excluding carboxylic acids is 2. The van der Waals surface area contributed by atoms with E-state index in [0.29, 0.717) is 5.59 Å². The van der Waals surface area contributed by atoms with E-state index in [1.165, 1.54) is 31.8 Å². The van der Waals surface area contributed by atoms with Crippen molar-refractivity contribution in [2.45, 2.75) is 51.2 Å². The number of anilines is 2. The molecule has 5 heterocycles. The van der Waals surface area contributed by atoms with Crippen LogP contribution in [0.15, 0.2) is 53.7 Å². The van der Waals surface area contributed by atoms with Gasteiger partial charge in [-0.2, -0.15) is 26.3 Å². The van der Waals surface area contributed by atoms with Crippen LogP contribution in [0.5, 0.6) is 0 Å². The van der Waals surface area contributed by atoms with Crippen molar-refractivity contribution in [2.75, 3.05) is 25.7 Å². The summed E-state index contributed by atoms with van der Waals surface area (Å²) in [4.78, 5) is 45.6. The van der Waals surface area contributed by atoms with Crippen molar-refractivity contribution < 1.29 is 54.7 Å². The van der Waals surface area contributed by atoms with Gasteiger partial charge in [-0.15, -0.1) is 0 Å². The van der Waals surface area contributed by atoms with Gasteiger partial charge in [-0.3, -0.25) is 4.98 Å². The Kier molecular flexibility index (Phi) is 12.9. The lowest BCUT2D eigenvalue weighted by Gasteiger charge is -2.32. The molecule has 1 saturated heterocycles. The molecule has 1 aliphatic heterocycles. The molecule has 0 aliphatic carbocycles. The van der Waals surface area contributed by atoms with Crippen LogP contribution in [0.3, 0.4) is 0 Å². The summed E-state index contributed by atoms with van der Waals surface area (Å²) in [6, 6.07) is 4.22. The molecule has 278 valence electrons. The number of esters is 2. The van der Waals surface area contributed by atoms with Gasteiger partial charge in [0.1, 0.15) is 16.0 Å². The zero-order valence-corrected chi connectivity index (χ0v) is 29.7. The highest BCUT2D eigenvalue weighted by Gasteiger charge is 2.52. The van der Waals surface area contributed by atoms with Gasteiger partial charge in [-0.05, 0) is 67.9 Å². The quantitative estimate of drug-likeness (QED) is 0.122. The third-order valence-corrected chi connectivity index (χ3v) is 7.92. The van der Waals surface area contributed by atoms with Gasteiger partial charge >= 0.3 is 31.4 Å². The first kappa shape index (κ1) is 41.5. The average Bonchev–Trinajstić information content (AvgIpc) is 3.30. The number of rotatable bonds is 4. The number of carbonyl (C=O) groups is 2. The maximum Gasteiger partial charge on any atom is 0.516 e. The number of nitrogens with zero attached hydrogens (tertiary/aromatic N) is 6. The van der Waals surface area contributed by atoms with Crippen LogP contribution < -0.4 is 17.1 Å². The fraction of sp³-hybridized carbons (Fsp3) is 0.333. The molecule has 1 fully saturated rings. The molecule has 0 amide bonds. The molecule has 0 unspecified atom stereocenters. The van der Waals surface area contributed by atoms with E-state index in [2.05, 4.69) is 55.3 Å². The highest BCUT2D eigenvalue weighted by molar-refractivity contribution is 9.10. The van der Waals surface area contributed by atoms with Crippen LogP contribution in [0.25, 0.3) is 11.4 Å². The van der Waals surface area contributed by atoms with Gasteiger partial charge in [-0.1, -0.05) is 0 Å². The molecule has 0 spiro atoms. The average molecular weight is 803 g/mol. The second kappa shape index (κ2) is 16.2. The molecular formula is C30H30BBrF6N8O6. The number of pyridine rings is 2. The Hall–Kier alpha value is -4.96. The van der Waals surface area contributed by atoms with Crippen LogP contribution in [-0.2, 0) is 31.1 Å². The monoisotopic (exact) mass is 802 g/mol.